The molecule has 2 saturated heterocycles. The summed E-state index contributed by atoms with van der Waals surface area (Å²) in [4.78, 5) is 43.8. The zero-order valence-corrected chi connectivity index (χ0v) is 18.4. The molecule has 0 spiro atoms. The van der Waals surface area contributed by atoms with E-state index in [0.717, 1.165) is 18.5 Å². The van der Waals surface area contributed by atoms with E-state index in [0.29, 0.717) is 51.1 Å². The number of anilines is 1. The normalized spacial score (nSPS) is 23.0. The molecule has 1 aromatic rings. The second kappa shape index (κ2) is 9.26. The monoisotopic (exact) mass is 428 g/mol. The Balaban J connectivity index is 1.32. The highest BCUT2D eigenvalue weighted by atomic mass is 16.5. The van der Waals surface area contributed by atoms with Gasteiger partial charge in [-0.05, 0) is 38.8 Å². The Kier molecular flexibility index (Phi) is 6.46. The Hall–Kier alpha value is -2.61. The molecule has 1 N–H and O–H groups in total. The van der Waals surface area contributed by atoms with Gasteiger partial charge in [0.05, 0.1) is 24.3 Å². The highest BCUT2D eigenvalue weighted by Gasteiger charge is 2.39. The van der Waals surface area contributed by atoms with Crippen LogP contribution in [0, 0.1) is 5.92 Å². The molecule has 0 bridgehead atoms. The van der Waals surface area contributed by atoms with Gasteiger partial charge in [0.25, 0.3) is 0 Å². The van der Waals surface area contributed by atoms with E-state index in [-0.39, 0.29) is 36.1 Å². The predicted molar refractivity (Wildman–Crippen MR) is 117 cm³/mol. The first kappa shape index (κ1) is 21.6. The number of amides is 3. The van der Waals surface area contributed by atoms with Crippen LogP contribution < -0.4 is 15.0 Å². The Morgan fingerprint density at radius 1 is 1.16 bits per heavy atom. The minimum atomic E-state index is -0.343. The maximum Gasteiger partial charge on any atom is 0.237 e. The van der Waals surface area contributed by atoms with Gasteiger partial charge < -0.3 is 19.9 Å². The molecule has 1 aliphatic carbocycles. The molecule has 1 saturated carbocycles. The summed E-state index contributed by atoms with van der Waals surface area (Å²) in [6.07, 6.45) is 2.37. The first-order valence-electron chi connectivity index (χ1n) is 11.3. The molecule has 4 rings (SSSR count). The van der Waals surface area contributed by atoms with E-state index in [2.05, 4.69) is 10.2 Å². The van der Waals surface area contributed by atoms with Gasteiger partial charge >= 0.3 is 0 Å². The van der Waals surface area contributed by atoms with Crippen molar-refractivity contribution in [2.24, 2.45) is 5.92 Å². The fourth-order valence-electron chi connectivity index (χ4n) is 4.37. The highest BCUT2D eigenvalue weighted by molar-refractivity contribution is 6.01. The number of nitrogens with one attached hydrogen (secondary N) is 1. The lowest BCUT2D eigenvalue weighted by Crippen LogP contribution is -2.56. The van der Waals surface area contributed by atoms with Gasteiger partial charge in [-0.25, -0.2) is 0 Å². The molecule has 0 radical (unpaired) electrons. The van der Waals surface area contributed by atoms with Crippen LogP contribution in [0.2, 0.25) is 0 Å². The molecule has 2 unspecified atom stereocenters. The van der Waals surface area contributed by atoms with E-state index in [9.17, 15) is 14.4 Å². The van der Waals surface area contributed by atoms with E-state index in [1.54, 1.807) is 4.90 Å². The second-order valence-corrected chi connectivity index (χ2v) is 8.63. The average Bonchev–Trinajstić information content (AvgIpc) is 3.52. The molecule has 2 heterocycles. The van der Waals surface area contributed by atoms with Crippen LogP contribution in [0.1, 0.15) is 33.1 Å². The number of para-hydroxylation sites is 2. The zero-order chi connectivity index (χ0) is 22.0. The summed E-state index contributed by atoms with van der Waals surface area (Å²) in [5, 5.41) is 3.05. The standard InChI is InChI=1S/C23H32N4O4/c1-3-31-20-7-5-4-6-19(20)27-15-17(14-21(27)28)23(30)26-12-10-25(11-13-26)16(2)22(29)24-18-8-9-18/h4-7,16-18H,3,8-15H2,1-2H3,(H,24,29). The molecule has 2 aliphatic heterocycles. The first-order chi connectivity index (χ1) is 15.0. The van der Waals surface area contributed by atoms with Crippen molar-refractivity contribution in [1.29, 1.82) is 0 Å². The quantitative estimate of drug-likeness (QED) is 0.707. The molecule has 3 fully saturated rings. The minimum Gasteiger partial charge on any atom is -0.492 e. The van der Waals surface area contributed by atoms with Gasteiger partial charge in [0.2, 0.25) is 17.7 Å². The predicted octanol–water partition coefficient (Wildman–Crippen LogP) is 1.25. The van der Waals surface area contributed by atoms with E-state index < -0.39 is 0 Å². The third-order valence-corrected chi connectivity index (χ3v) is 6.41. The van der Waals surface area contributed by atoms with Gasteiger partial charge in [0.15, 0.2) is 0 Å². The molecular formula is C23H32N4O4. The zero-order valence-electron chi connectivity index (χ0n) is 18.4. The fourth-order valence-corrected chi connectivity index (χ4v) is 4.37. The summed E-state index contributed by atoms with van der Waals surface area (Å²) in [5.74, 6) is 0.379. The van der Waals surface area contributed by atoms with Crippen molar-refractivity contribution in [3.8, 4) is 5.75 Å². The summed E-state index contributed by atoms with van der Waals surface area (Å²) >= 11 is 0. The molecule has 2 atom stereocenters. The fraction of sp³-hybridized carbons (Fsp3) is 0.609. The van der Waals surface area contributed by atoms with Crippen molar-refractivity contribution < 1.29 is 19.1 Å². The molecule has 8 heteroatoms. The Labute approximate surface area is 183 Å². The number of carbonyl (C=O) groups excluding carboxylic acids is 3. The van der Waals surface area contributed by atoms with Crippen LogP contribution in [0.15, 0.2) is 24.3 Å². The molecule has 3 amide bonds. The lowest BCUT2D eigenvalue weighted by molar-refractivity contribution is -0.138. The largest absolute Gasteiger partial charge is 0.492 e. The van der Waals surface area contributed by atoms with Gasteiger partial charge in [-0.1, -0.05) is 12.1 Å². The third kappa shape index (κ3) is 4.84. The van der Waals surface area contributed by atoms with Crippen LogP contribution in [0.4, 0.5) is 5.69 Å². The van der Waals surface area contributed by atoms with Crippen LogP contribution in [0.3, 0.4) is 0 Å². The molecule has 0 aromatic heterocycles. The average molecular weight is 429 g/mol. The van der Waals surface area contributed by atoms with Gasteiger partial charge in [-0.2, -0.15) is 0 Å². The van der Waals surface area contributed by atoms with Crippen molar-refractivity contribution in [2.45, 2.75) is 45.2 Å². The van der Waals surface area contributed by atoms with E-state index >= 15 is 0 Å². The lowest BCUT2D eigenvalue weighted by Gasteiger charge is -2.38. The topological polar surface area (TPSA) is 82.2 Å². The van der Waals surface area contributed by atoms with E-state index in [4.69, 9.17) is 4.74 Å². The number of carbonyl (C=O) groups is 3. The van der Waals surface area contributed by atoms with Crippen LogP contribution in [0.25, 0.3) is 0 Å². The molecule has 168 valence electrons. The van der Waals surface area contributed by atoms with Gasteiger partial charge in [-0.15, -0.1) is 0 Å². The lowest BCUT2D eigenvalue weighted by atomic mass is 10.1. The van der Waals surface area contributed by atoms with Crippen molar-refractivity contribution >= 4 is 23.4 Å². The highest BCUT2D eigenvalue weighted by Crippen LogP contribution is 2.33. The number of benzene rings is 1. The van der Waals surface area contributed by atoms with Gasteiger partial charge in [-0.3, -0.25) is 19.3 Å². The third-order valence-electron chi connectivity index (χ3n) is 6.41. The maximum absolute atomic E-state index is 13.1. The van der Waals surface area contributed by atoms with E-state index in [1.165, 1.54) is 0 Å². The molecular weight excluding hydrogens is 396 g/mol. The van der Waals surface area contributed by atoms with Gasteiger partial charge in [0, 0.05) is 45.2 Å². The Bertz CT molecular complexity index is 833. The first-order valence-corrected chi connectivity index (χ1v) is 11.3. The van der Waals surface area contributed by atoms with Crippen LogP contribution in [0.5, 0.6) is 5.75 Å². The number of hydrogen-bond donors (Lipinski definition) is 1. The summed E-state index contributed by atoms with van der Waals surface area (Å²) in [6, 6.07) is 7.64. The van der Waals surface area contributed by atoms with Crippen molar-refractivity contribution in [3.63, 3.8) is 0 Å². The Morgan fingerprint density at radius 2 is 1.87 bits per heavy atom. The number of nitrogens with zero attached hydrogens (tertiary/aromatic N) is 3. The smallest absolute Gasteiger partial charge is 0.237 e. The number of ether oxygens (including phenoxy) is 1. The molecule has 8 nitrogen and oxygen atoms in total. The van der Waals surface area contributed by atoms with Crippen LogP contribution in [-0.2, 0) is 14.4 Å². The minimum absolute atomic E-state index is 0.0273. The van der Waals surface area contributed by atoms with Crippen molar-refractivity contribution in [3.05, 3.63) is 24.3 Å². The number of rotatable bonds is 7. The molecule has 31 heavy (non-hydrogen) atoms. The summed E-state index contributed by atoms with van der Waals surface area (Å²) in [6.45, 7) is 7.24. The number of piperazine rings is 1. The molecule has 1 aromatic carbocycles. The van der Waals surface area contributed by atoms with Gasteiger partial charge in [0.1, 0.15) is 5.75 Å². The van der Waals surface area contributed by atoms with E-state index in [1.807, 2.05) is 43.0 Å². The SMILES string of the molecule is CCOc1ccccc1N1CC(C(=O)N2CCN(C(C)C(=O)NC3CC3)CC2)CC1=O. The van der Waals surface area contributed by atoms with Crippen LogP contribution >= 0.6 is 0 Å². The van der Waals surface area contributed by atoms with Crippen molar-refractivity contribution in [2.75, 3.05) is 44.2 Å². The summed E-state index contributed by atoms with van der Waals surface area (Å²) in [7, 11) is 0. The molecule has 3 aliphatic rings. The maximum atomic E-state index is 13.1. The van der Waals surface area contributed by atoms with Crippen molar-refractivity contribution in [1.82, 2.24) is 15.1 Å². The second-order valence-electron chi connectivity index (χ2n) is 8.63. The summed E-state index contributed by atoms with van der Waals surface area (Å²) in [5.41, 5.74) is 0.727. The summed E-state index contributed by atoms with van der Waals surface area (Å²) < 4.78 is 5.66. The van der Waals surface area contributed by atoms with Crippen LogP contribution in [-0.4, -0.2) is 78.9 Å². The number of hydrogen-bond acceptors (Lipinski definition) is 5. The Morgan fingerprint density at radius 3 is 2.55 bits per heavy atom.